The van der Waals surface area contributed by atoms with Gasteiger partial charge in [0.2, 0.25) is 36.2 Å². The van der Waals surface area contributed by atoms with Gasteiger partial charge in [0.25, 0.3) is 0 Å². The first-order valence-corrected chi connectivity index (χ1v) is 22.1. The van der Waals surface area contributed by atoms with Crippen LogP contribution in [0.3, 0.4) is 0 Å². The Morgan fingerprint density at radius 3 is 1.40 bits per heavy atom. The number of ether oxygens (including phenoxy) is 7. The lowest BCUT2D eigenvalue weighted by Crippen LogP contribution is -2.65. The van der Waals surface area contributed by atoms with Crippen LogP contribution >= 0.6 is 0 Å². The van der Waals surface area contributed by atoms with Gasteiger partial charge in [-0.1, -0.05) is 0 Å². The van der Waals surface area contributed by atoms with Crippen LogP contribution in [0, 0.1) is 0 Å². The molecule has 31 heteroatoms. The molecule has 4 amide bonds. The van der Waals surface area contributed by atoms with E-state index in [1.165, 1.54) is 7.05 Å². The number of amides is 4. The minimum Gasteiger partial charge on any atom is -0.507 e. The van der Waals surface area contributed by atoms with Gasteiger partial charge in [0, 0.05) is 73.7 Å². The molecule has 2 aliphatic rings. The van der Waals surface area contributed by atoms with Gasteiger partial charge in [0.15, 0.2) is 18.9 Å². The lowest BCUT2D eigenvalue weighted by molar-refractivity contribution is -0.284. The molecule has 2 aliphatic heterocycles. The van der Waals surface area contributed by atoms with Crippen LogP contribution in [0.1, 0.15) is 53.9 Å². The minimum absolute atomic E-state index is 0.529. The predicted octanol–water partition coefficient (Wildman–Crippen LogP) is -7.48. The summed E-state index contributed by atoms with van der Waals surface area (Å²) in [7, 11) is 1.34. The molecule has 0 saturated carbocycles. The first-order valence-electron chi connectivity index (χ1n) is 22.1. The number of carbonyl (C=O) groups excluding carboxylic acids is 5. The fraction of sp³-hybridized carbons (Fsp3) is 0.732. The van der Waals surface area contributed by atoms with E-state index in [0.29, 0.717) is 0 Å². The van der Waals surface area contributed by atoms with Crippen LogP contribution in [0.25, 0.3) is 0 Å². The van der Waals surface area contributed by atoms with Crippen molar-refractivity contribution in [2.75, 3.05) is 40.1 Å². The summed E-state index contributed by atoms with van der Waals surface area (Å²) in [5.41, 5.74) is -2.94. The maximum absolute atomic E-state index is 12.5. The maximum atomic E-state index is 12.5. The zero-order valence-corrected chi connectivity index (χ0v) is 40.1. The highest BCUT2D eigenvalue weighted by Crippen LogP contribution is 2.29. The summed E-state index contributed by atoms with van der Waals surface area (Å²) in [5.74, 6) is -8.04. The molecule has 72 heavy (non-hydrogen) atoms. The number of aliphatic hydroxyl groups excluding tert-OH is 14. The van der Waals surface area contributed by atoms with E-state index >= 15 is 0 Å². The van der Waals surface area contributed by atoms with Crippen molar-refractivity contribution >= 4 is 29.6 Å². The van der Waals surface area contributed by atoms with Crippen LogP contribution in [0.2, 0.25) is 0 Å². The molecule has 0 spiro atoms. The fourth-order valence-electron chi connectivity index (χ4n) is 7.16. The molecule has 16 unspecified atom stereocenters. The Labute approximate surface area is 411 Å². The third-order valence-electron chi connectivity index (χ3n) is 10.5. The first-order chi connectivity index (χ1) is 33.8. The number of hydrogen-bond acceptors (Lipinski definition) is 27. The van der Waals surface area contributed by atoms with E-state index < -0.39 is 215 Å². The van der Waals surface area contributed by atoms with Gasteiger partial charge < -0.3 is 131 Å². The zero-order chi connectivity index (χ0) is 54.7. The van der Waals surface area contributed by atoms with Crippen LogP contribution in [0.4, 0.5) is 0 Å². The summed E-state index contributed by atoms with van der Waals surface area (Å²) in [6, 6.07) is -2.86. The van der Waals surface area contributed by atoms with Crippen LogP contribution < -0.4 is 26.6 Å². The molecule has 2 saturated heterocycles. The Balaban J connectivity index is 2.64. The average molecular weight is 1050 g/mol. The number of likely N-dealkylation sites (N-methyl/N-ethyl adjacent to an activating group) is 1. The van der Waals surface area contributed by atoms with Gasteiger partial charge in [-0.2, -0.15) is 0 Å². The molecule has 31 nitrogen and oxygen atoms in total. The van der Waals surface area contributed by atoms with Crippen LogP contribution in [-0.2, 0) is 57.1 Å². The lowest BCUT2D eigenvalue weighted by Gasteiger charge is -2.43. The van der Waals surface area contributed by atoms with Crippen molar-refractivity contribution in [3.8, 4) is 0 Å². The quantitative estimate of drug-likeness (QED) is 0.0197. The number of esters is 1. The van der Waals surface area contributed by atoms with E-state index in [1.807, 2.05) is 10.6 Å². The summed E-state index contributed by atoms with van der Waals surface area (Å²) < 4.78 is 38.2. The van der Waals surface area contributed by atoms with Gasteiger partial charge in [-0.15, -0.1) is 0 Å². The van der Waals surface area contributed by atoms with Crippen molar-refractivity contribution in [1.82, 2.24) is 26.6 Å². The second-order valence-corrected chi connectivity index (χ2v) is 16.1. The van der Waals surface area contributed by atoms with Crippen LogP contribution in [-0.4, -0.2) is 240 Å². The van der Waals surface area contributed by atoms with Crippen molar-refractivity contribution < 1.29 is 129 Å². The van der Waals surface area contributed by atoms with Gasteiger partial charge in [0.1, 0.15) is 102 Å². The SMILES string of the molecule is CNC1C(OC(CCO)/C(O)=C(/NC(C)=O)C(O)OC(CCO)/C(O)=C(/NC(C)=O)C(O)OC(CCO)/C(O)=C(/NC(C)=O)C(O)OC2C(CO)OC(O)C(NC(C)=O)C2O)OC(COC(C)=O)C(O)C1O. The van der Waals surface area contributed by atoms with E-state index in [0.717, 1.165) is 34.6 Å². The highest BCUT2D eigenvalue weighted by atomic mass is 16.7. The van der Waals surface area contributed by atoms with Gasteiger partial charge >= 0.3 is 5.97 Å². The molecular weight excluding hydrogens is 978 g/mol. The molecule has 0 aromatic carbocycles. The molecule has 2 heterocycles. The summed E-state index contributed by atoms with van der Waals surface area (Å²) in [4.78, 5) is 60.4. The van der Waals surface area contributed by atoms with Gasteiger partial charge in [-0.3, -0.25) is 24.0 Å². The summed E-state index contributed by atoms with van der Waals surface area (Å²) >= 11 is 0. The molecule has 2 rings (SSSR count). The topological polar surface area (TPSA) is 493 Å². The van der Waals surface area contributed by atoms with Gasteiger partial charge in [-0.05, 0) is 7.05 Å². The van der Waals surface area contributed by atoms with Gasteiger partial charge in [0.05, 0.1) is 12.6 Å². The Morgan fingerprint density at radius 2 is 1.00 bits per heavy atom. The third-order valence-corrected chi connectivity index (χ3v) is 10.5. The van der Waals surface area contributed by atoms with Crippen LogP contribution in [0.5, 0.6) is 0 Å². The predicted molar refractivity (Wildman–Crippen MR) is 235 cm³/mol. The molecular formula is C41H69N5O26. The molecule has 16 atom stereocenters. The Bertz CT molecular complexity index is 1890. The number of carbonyl (C=O) groups is 5. The maximum Gasteiger partial charge on any atom is 0.302 e. The second kappa shape index (κ2) is 30.4. The fourth-order valence-corrected chi connectivity index (χ4v) is 7.16. The smallest absolute Gasteiger partial charge is 0.302 e. The Morgan fingerprint density at radius 1 is 0.556 bits per heavy atom. The number of rotatable bonds is 28. The standard InChI is InChI=1S/C41H69N5O26/c1-15(51)43-25(37(62)68-21(8-11-48)31(57)27(45-17(3)53)40(65)72-36-23(13-50)69-39(64)28(35(36)61)46-18(4)54)30(56)20(7-10-47)67-38(63)26(44-16(2)52)32(58)22(9-12-49)70-41-29(42-6)34(60)33(59)24(71-41)14-66-19(5)55/h20-24,28-29,33-42,47-50,56-65H,7-14H2,1-6H3,(H,43,51)(H,44,52)(H,45,53)(H,46,54)/b30-25-,31-27-,32-26-. The van der Waals surface area contributed by atoms with Crippen molar-refractivity contribution in [2.24, 2.45) is 0 Å². The molecule has 0 radical (unpaired) electrons. The molecule has 19 N–H and O–H groups in total. The molecule has 0 aromatic rings. The van der Waals surface area contributed by atoms with Crippen molar-refractivity contribution in [2.45, 2.75) is 152 Å². The van der Waals surface area contributed by atoms with E-state index in [1.54, 1.807) is 0 Å². The molecule has 0 aromatic heterocycles. The number of aliphatic hydroxyl groups is 14. The van der Waals surface area contributed by atoms with E-state index in [2.05, 4.69) is 16.0 Å². The van der Waals surface area contributed by atoms with Crippen molar-refractivity contribution in [3.05, 3.63) is 34.4 Å². The minimum atomic E-state index is -2.63. The number of nitrogens with one attached hydrogen (secondary N) is 5. The molecule has 2 fully saturated rings. The zero-order valence-electron chi connectivity index (χ0n) is 40.1. The van der Waals surface area contributed by atoms with Crippen molar-refractivity contribution in [3.63, 3.8) is 0 Å². The van der Waals surface area contributed by atoms with E-state index in [4.69, 9.17) is 33.2 Å². The normalized spacial score (nSPS) is 28.1. The molecule has 0 bridgehead atoms. The highest BCUT2D eigenvalue weighted by molar-refractivity contribution is 5.76. The van der Waals surface area contributed by atoms with E-state index in [9.17, 15) is 95.5 Å². The average Bonchev–Trinajstić information content (AvgIpc) is 3.30. The Hall–Kier alpha value is -4.75. The summed E-state index contributed by atoms with van der Waals surface area (Å²) in [5, 5.41) is 162. The van der Waals surface area contributed by atoms with E-state index in [-0.39, 0.29) is 0 Å². The number of hydrogen-bond donors (Lipinski definition) is 19. The van der Waals surface area contributed by atoms with Crippen LogP contribution in [0.15, 0.2) is 34.4 Å². The monoisotopic (exact) mass is 1050 g/mol. The molecule has 0 aliphatic carbocycles. The Kier molecular flexibility index (Phi) is 26.8. The first kappa shape index (κ1) is 63.4. The second-order valence-electron chi connectivity index (χ2n) is 16.1. The third kappa shape index (κ3) is 18.3. The lowest BCUT2D eigenvalue weighted by atomic mass is 9.96. The summed E-state index contributed by atoms with van der Waals surface area (Å²) in [6.45, 7) is 0.764. The molecule has 414 valence electrons. The largest absolute Gasteiger partial charge is 0.507 e. The summed E-state index contributed by atoms with van der Waals surface area (Å²) in [6.07, 6.45) is -29.1. The van der Waals surface area contributed by atoms with Gasteiger partial charge in [-0.25, -0.2) is 0 Å². The van der Waals surface area contributed by atoms with Crippen molar-refractivity contribution in [1.29, 1.82) is 0 Å². The highest BCUT2D eigenvalue weighted by Gasteiger charge is 2.48.